The molecule has 2 aliphatic carbocycles. The van der Waals surface area contributed by atoms with Crippen LogP contribution >= 0.6 is 11.3 Å². The van der Waals surface area contributed by atoms with Gasteiger partial charge in [-0.1, -0.05) is 12.1 Å². The Bertz CT molecular complexity index is 1660. The van der Waals surface area contributed by atoms with E-state index in [0.717, 1.165) is 28.8 Å². The van der Waals surface area contributed by atoms with Gasteiger partial charge in [-0.2, -0.15) is 4.98 Å². The number of alkyl halides is 3. The minimum absolute atomic E-state index is 0.246. The van der Waals surface area contributed by atoms with Gasteiger partial charge in [-0.3, -0.25) is 4.98 Å². The molecule has 14 heteroatoms. The first kappa shape index (κ1) is 30.4. The third-order valence-electron chi connectivity index (χ3n) is 8.40. The van der Waals surface area contributed by atoms with E-state index in [4.69, 9.17) is 15.0 Å². The number of nitrogens with one attached hydrogen (secondary N) is 2. The molecule has 6 rings (SSSR count). The minimum Gasteiger partial charge on any atom is -0.406 e. The Labute approximate surface area is 255 Å². The van der Waals surface area contributed by atoms with Crippen LogP contribution in [0.2, 0.25) is 0 Å². The third kappa shape index (κ3) is 6.03. The lowest BCUT2D eigenvalue weighted by atomic mass is 9.96. The van der Waals surface area contributed by atoms with Crippen molar-refractivity contribution in [2.75, 3.05) is 17.2 Å². The minimum atomic E-state index is -4.78. The maximum absolute atomic E-state index is 12.6. The van der Waals surface area contributed by atoms with Gasteiger partial charge >= 0.3 is 6.36 Å². The molecule has 4 aromatic rings. The molecule has 0 spiro atoms. The molecule has 0 radical (unpaired) electrons. The summed E-state index contributed by atoms with van der Waals surface area (Å²) < 4.78 is 42.7. The average molecular weight is 631 g/mol. The number of fused-ring (bicyclic) bond motifs is 1. The van der Waals surface area contributed by atoms with Crippen molar-refractivity contribution in [1.29, 1.82) is 0 Å². The summed E-state index contributed by atoms with van der Waals surface area (Å²) in [5.41, 5.74) is 2.18. The molecule has 0 aliphatic heterocycles. The molecule has 2 aliphatic rings. The fourth-order valence-electron chi connectivity index (χ4n) is 5.77. The molecule has 2 fully saturated rings. The zero-order valence-corrected chi connectivity index (χ0v) is 25.1. The zero-order chi connectivity index (χ0) is 31.4. The number of aryl methyl sites for hydroxylation is 1. The normalized spacial score (nSPS) is 24.4. The van der Waals surface area contributed by atoms with Gasteiger partial charge < -0.3 is 30.7 Å². The average Bonchev–Trinajstić information content (AvgIpc) is 3.67. The van der Waals surface area contributed by atoms with Crippen molar-refractivity contribution in [3.05, 3.63) is 53.5 Å². The second-order valence-corrected chi connectivity index (χ2v) is 12.8. The number of hydrogen-bond acceptors (Lipinski definition) is 11. The third-order valence-corrected chi connectivity index (χ3v) is 9.44. The second-order valence-electron chi connectivity index (χ2n) is 11.7. The van der Waals surface area contributed by atoms with Crippen molar-refractivity contribution in [3.63, 3.8) is 0 Å². The quantitative estimate of drug-likeness (QED) is 0.165. The number of halogens is 3. The Morgan fingerprint density at radius 2 is 1.86 bits per heavy atom. The number of aromatic nitrogens is 4. The number of ether oxygens (including phenoxy) is 1. The predicted molar refractivity (Wildman–Crippen MR) is 160 cm³/mol. The maximum atomic E-state index is 12.6. The molecule has 3 aromatic heterocycles. The van der Waals surface area contributed by atoms with E-state index in [-0.39, 0.29) is 18.3 Å². The number of hydrogen-bond donors (Lipinski definition) is 5. The molecule has 0 amide bonds. The van der Waals surface area contributed by atoms with Gasteiger partial charge in [0.05, 0.1) is 39.8 Å². The predicted octanol–water partition coefficient (Wildman–Crippen LogP) is 5.31. The van der Waals surface area contributed by atoms with Crippen LogP contribution in [0.3, 0.4) is 0 Å². The molecule has 1 aromatic carbocycles. The van der Waals surface area contributed by atoms with Crippen molar-refractivity contribution < 1.29 is 33.2 Å². The number of benzene rings is 1. The summed E-state index contributed by atoms with van der Waals surface area (Å²) in [6, 6.07) is 6.43. The monoisotopic (exact) mass is 630 g/mol. The van der Waals surface area contributed by atoms with E-state index < -0.39 is 36.1 Å². The Hall–Kier alpha value is -3.59. The number of thiazole rings is 1. The summed E-state index contributed by atoms with van der Waals surface area (Å²) in [4.78, 5) is 19.0. The van der Waals surface area contributed by atoms with Crippen molar-refractivity contribution in [2.24, 2.45) is 5.92 Å². The van der Waals surface area contributed by atoms with Crippen LogP contribution in [0.5, 0.6) is 5.75 Å². The summed E-state index contributed by atoms with van der Waals surface area (Å²) in [6.07, 6.45) is -1.67. The molecule has 5 N–H and O–H groups in total. The second kappa shape index (κ2) is 11.4. The molecule has 5 atom stereocenters. The standard InChI is InChI=1S/C30H33F3N6O4S/c1-14(16-6-8-19(9-7-16)43-30(31,32)33)35-28-36-15(2)22(26(39-28)37-21-12-18(13-40)25(41)29(21,3)42)27-38-24-20(44-27)10-11-34-23(24)17-4-5-17/h6-11,14,17-18,21,25,40-42H,4-5,12-13H2,1-3H3,(H2,35,36,37,39)/t14-,18-,21-,25-,29+/m1/s1. The highest BCUT2D eigenvalue weighted by molar-refractivity contribution is 7.21. The van der Waals surface area contributed by atoms with Crippen LogP contribution in [0.25, 0.3) is 20.8 Å². The fraction of sp³-hybridized carbons (Fsp3) is 0.467. The Kier molecular flexibility index (Phi) is 7.89. The molecule has 0 unspecified atom stereocenters. The molecule has 234 valence electrons. The van der Waals surface area contributed by atoms with Gasteiger partial charge in [0.1, 0.15) is 27.7 Å². The van der Waals surface area contributed by atoms with Gasteiger partial charge in [-0.25, -0.2) is 9.97 Å². The van der Waals surface area contributed by atoms with Crippen LogP contribution < -0.4 is 15.4 Å². The largest absolute Gasteiger partial charge is 0.573 e. The van der Waals surface area contributed by atoms with Crippen molar-refractivity contribution in [2.45, 2.75) is 76.1 Å². The van der Waals surface area contributed by atoms with Crippen molar-refractivity contribution >= 4 is 33.3 Å². The van der Waals surface area contributed by atoms with Crippen LogP contribution in [0, 0.1) is 12.8 Å². The number of aliphatic hydroxyl groups excluding tert-OH is 2. The summed E-state index contributed by atoms with van der Waals surface area (Å²) in [6.45, 7) is 4.89. The van der Waals surface area contributed by atoms with Crippen molar-refractivity contribution in [1.82, 2.24) is 19.9 Å². The number of aliphatic hydroxyl groups is 3. The van der Waals surface area contributed by atoms with Crippen molar-refractivity contribution in [3.8, 4) is 16.3 Å². The first-order chi connectivity index (χ1) is 20.8. The summed E-state index contributed by atoms with van der Waals surface area (Å²) in [7, 11) is 0. The number of rotatable bonds is 9. The first-order valence-electron chi connectivity index (χ1n) is 14.4. The van der Waals surface area contributed by atoms with Crippen LogP contribution in [0.1, 0.15) is 62.0 Å². The van der Waals surface area contributed by atoms with Gasteiger partial charge in [0, 0.05) is 24.6 Å². The highest BCUT2D eigenvalue weighted by atomic mass is 32.1. The lowest BCUT2D eigenvalue weighted by molar-refractivity contribution is -0.274. The van der Waals surface area contributed by atoms with E-state index >= 15 is 0 Å². The van der Waals surface area contributed by atoms with E-state index in [0.29, 0.717) is 40.0 Å². The highest BCUT2D eigenvalue weighted by Crippen LogP contribution is 2.45. The molecular weight excluding hydrogens is 597 g/mol. The van der Waals surface area contributed by atoms with Gasteiger partial charge in [-0.15, -0.1) is 24.5 Å². The summed E-state index contributed by atoms with van der Waals surface area (Å²) >= 11 is 1.49. The van der Waals surface area contributed by atoms with E-state index in [2.05, 4.69) is 20.4 Å². The SMILES string of the molecule is Cc1nc(N[C@H](C)c2ccc(OC(F)(F)F)cc2)nc(N[C@@H]2C[C@H](CO)[C@@H](O)[C@@]2(C)O)c1-c1nc2c(C3CC3)nccc2s1. The van der Waals surface area contributed by atoms with Gasteiger partial charge in [-0.05, 0) is 63.8 Å². The lowest BCUT2D eigenvalue weighted by Crippen LogP contribution is -2.48. The van der Waals surface area contributed by atoms with Gasteiger partial charge in [0.25, 0.3) is 0 Å². The number of anilines is 2. The van der Waals surface area contributed by atoms with Gasteiger partial charge in [0.15, 0.2) is 0 Å². The van der Waals surface area contributed by atoms with E-state index in [1.165, 1.54) is 42.5 Å². The smallest absolute Gasteiger partial charge is 0.406 e. The number of pyridine rings is 1. The Morgan fingerprint density at radius 1 is 1.14 bits per heavy atom. The molecule has 10 nitrogen and oxygen atoms in total. The summed E-state index contributed by atoms with van der Waals surface area (Å²) in [5, 5.41) is 38.9. The first-order valence-corrected chi connectivity index (χ1v) is 15.2. The zero-order valence-electron chi connectivity index (χ0n) is 24.3. The maximum Gasteiger partial charge on any atom is 0.573 e. The topological polar surface area (TPSA) is 146 Å². The highest BCUT2D eigenvalue weighted by Gasteiger charge is 2.50. The van der Waals surface area contributed by atoms with Crippen LogP contribution in [0.15, 0.2) is 36.5 Å². The molecule has 0 bridgehead atoms. The van der Waals surface area contributed by atoms with E-state index in [9.17, 15) is 28.5 Å². The molecule has 3 heterocycles. The Morgan fingerprint density at radius 3 is 2.50 bits per heavy atom. The van der Waals surface area contributed by atoms with Crippen LogP contribution in [-0.2, 0) is 0 Å². The van der Waals surface area contributed by atoms with E-state index in [1.54, 1.807) is 6.20 Å². The van der Waals surface area contributed by atoms with Crippen LogP contribution in [0.4, 0.5) is 24.9 Å². The Balaban J connectivity index is 1.35. The fourth-order valence-corrected chi connectivity index (χ4v) is 6.84. The lowest BCUT2D eigenvalue weighted by Gasteiger charge is -2.30. The molecular formula is C30H33F3N6O4S. The van der Waals surface area contributed by atoms with Crippen LogP contribution in [-0.4, -0.2) is 66.0 Å². The molecule has 44 heavy (non-hydrogen) atoms. The van der Waals surface area contributed by atoms with Gasteiger partial charge in [0.2, 0.25) is 5.95 Å². The summed E-state index contributed by atoms with van der Waals surface area (Å²) in [5.74, 6) is 0.188. The van der Waals surface area contributed by atoms with E-state index in [1.807, 2.05) is 19.9 Å². The molecule has 0 saturated heterocycles. The molecule has 2 saturated carbocycles. The number of nitrogens with zero attached hydrogens (tertiary/aromatic N) is 4.